The Balaban J connectivity index is 3.12. The van der Waals surface area contributed by atoms with Gasteiger partial charge in [0.1, 0.15) is 0 Å². The summed E-state index contributed by atoms with van der Waals surface area (Å²) in [6.45, 7) is 2.14. The molecule has 58 valence electrons. The third-order valence-electron chi connectivity index (χ3n) is 1.21. The molecule has 2 nitrogen and oxygen atoms in total. The quantitative estimate of drug-likeness (QED) is 0.458. The molecule has 0 aliphatic carbocycles. The Labute approximate surface area is 62.1 Å². The predicted molar refractivity (Wildman–Crippen MR) is 42.5 cm³/mol. The Morgan fingerprint density at radius 1 is 1.50 bits per heavy atom. The fourth-order valence-corrected chi connectivity index (χ4v) is 0.639. The fraction of sp³-hybridized carbons (Fsp3) is 0.625. The van der Waals surface area contributed by atoms with Gasteiger partial charge in [0.25, 0.3) is 0 Å². The summed E-state index contributed by atoms with van der Waals surface area (Å²) < 4.78 is 0. The third-order valence-corrected chi connectivity index (χ3v) is 1.21. The topological polar surface area (TPSA) is 43.1 Å². The second kappa shape index (κ2) is 6.33. The molecule has 0 aromatic carbocycles. The molecule has 0 saturated heterocycles. The van der Waals surface area contributed by atoms with E-state index in [9.17, 15) is 4.79 Å². The monoisotopic (exact) mass is 141 g/mol. The number of primary amides is 1. The normalized spacial score (nSPS) is 10.5. The molecule has 0 aliphatic heterocycles. The van der Waals surface area contributed by atoms with Crippen LogP contribution in [-0.2, 0) is 4.79 Å². The summed E-state index contributed by atoms with van der Waals surface area (Å²) >= 11 is 0. The lowest BCUT2D eigenvalue weighted by Crippen LogP contribution is -2.07. The highest BCUT2D eigenvalue weighted by atomic mass is 16.1. The first kappa shape index (κ1) is 9.21. The molecule has 0 aliphatic rings. The van der Waals surface area contributed by atoms with Gasteiger partial charge >= 0.3 is 0 Å². The molecule has 0 bridgehead atoms. The van der Waals surface area contributed by atoms with Gasteiger partial charge in [0.05, 0.1) is 0 Å². The van der Waals surface area contributed by atoms with Crippen molar-refractivity contribution in [3.8, 4) is 0 Å². The molecule has 0 heterocycles. The number of carbonyl (C=O) groups is 1. The van der Waals surface area contributed by atoms with E-state index in [1.807, 2.05) is 12.2 Å². The van der Waals surface area contributed by atoms with Crippen LogP contribution in [0.25, 0.3) is 0 Å². The summed E-state index contributed by atoms with van der Waals surface area (Å²) in [7, 11) is 0. The Bertz CT molecular complexity index is 118. The lowest BCUT2D eigenvalue weighted by molar-refractivity contribution is -0.117. The van der Waals surface area contributed by atoms with Gasteiger partial charge in [-0.15, -0.1) is 0 Å². The molecule has 0 aromatic heterocycles. The van der Waals surface area contributed by atoms with Gasteiger partial charge in [0, 0.05) is 6.42 Å². The number of hydrogen-bond acceptors (Lipinski definition) is 1. The Hall–Kier alpha value is -0.790. The maximum atomic E-state index is 10.2. The van der Waals surface area contributed by atoms with Crippen LogP contribution in [0.3, 0.4) is 0 Å². The van der Waals surface area contributed by atoms with E-state index in [1.165, 1.54) is 12.8 Å². The molecule has 0 radical (unpaired) electrons. The summed E-state index contributed by atoms with van der Waals surface area (Å²) in [4.78, 5) is 10.2. The van der Waals surface area contributed by atoms with E-state index in [0.717, 1.165) is 6.42 Å². The number of carbonyl (C=O) groups excluding carboxylic acids is 1. The summed E-state index contributed by atoms with van der Waals surface area (Å²) in [6, 6.07) is 0. The van der Waals surface area contributed by atoms with Crippen molar-refractivity contribution in [2.24, 2.45) is 5.73 Å². The molecule has 0 rings (SSSR count). The fourth-order valence-electron chi connectivity index (χ4n) is 0.639. The minimum atomic E-state index is -0.257. The van der Waals surface area contributed by atoms with Crippen molar-refractivity contribution in [1.82, 2.24) is 0 Å². The Morgan fingerprint density at radius 3 is 2.70 bits per heavy atom. The van der Waals surface area contributed by atoms with Crippen molar-refractivity contribution in [2.75, 3.05) is 0 Å². The molecule has 0 unspecified atom stereocenters. The van der Waals surface area contributed by atoms with Gasteiger partial charge in [-0.1, -0.05) is 31.9 Å². The molecule has 0 aromatic rings. The van der Waals surface area contributed by atoms with Crippen LogP contribution in [0.15, 0.2) is 12.2 Å². The third kappa shape index (κ3) is 7.21. The molecule has 0 atom stereocenters. The van der Waals surface area contributed by atoms with Crippen LogP contribution in [0, 0.1) is 0 Å². The summed E-state index contributed by atoms with van der Waals surface area (Å²) in [5.41, 5.74) is 4.92. The van der Waals surface area contributed by atoms with E-state index in [4.69, 9.17) is 5.73 Å². The largest absolute Gasteiger partial charge is 0.369 e. The molecule has 0 fully saturated rings. The van der Waals surface area contributed by atoms with Gasteiger partial charge in [-0.2, -0.15) is 0 Å². The highest BCUT2D eigenvalue weighted by Crippen LogP contribution is 1.95. The zero-order chi connectivity index (χ0) is 7.82. The van der Waals surface area contributed by atoms with Gasteiger partial charge in [-0.05, 0) is 6.42 Å². The van der Waals surface area contributed by atoms with Crippen molar-refractivity contribution in [2.45, 2.75) is 32.6 Å². The first-order valence-electron chi connectivity index (χ1n) is 3.70. The van der Waals surface area contributed by atoms with Crippen LogP contribution in [-0.4, -0.2) is 5.91 Å². The highest BCUT2D eigenvalue weighted by Gasteiger charge is 1.85. The van der Waals surface area contributed by atoms with Crippen LogP contribution in [0.2, 0.25) is 0 Å². The molecule has 0 spiro atoms. The molecule has 2 heteroatoms. The minimum Gasteiger partial charge on any atom is -0.369 e. The molecular weight excluding hydrogens is 126 g/mol. The first-order chi connectivity index (χ1) is 4.77. The Morgan fingerprint density at radius 2 is 2.20 bits per heavy atom. The number of unbranched alkanes of at least 4 members (excludes halogenated alkanes) is 2. The van der Waals surface area contributed by atoms with Crippen LogP contribution in [0.1, 0.15) is 32.6 Å². The van der Waals surface area contributed by atoms with E-state index in [1.54, 1.807) is 0 Å². The zero-order valence-corrected chi connectivity index (χ0v) is 6.47. The van der Waals surface area contributed by atoms with E-state index in [-0.39, 0.29) is 5.91 Å². The van der Waals surface area contributed by atoms with Gasteiger partial charge in [-0.3, -0.25) is 4.79 Å². The highest BCUT2D eigenvalue weighted by molar-refractivity contribution is 5.75. The summed E-state index contributed by atoms with van der Waals surface area (Å²) in [6.07, 6.45) is 7.66. The van der Waals surface area contributed by atoms with Gasteiger partial charge < -0.3 is 5.73 Å². The maximum Gasteiger partial charge on any atom is 0.221 e. The molecule has 10 heavy (non-hydrogen) atoms. The number of hydrogen-bond donors (Lipinski definition) is 1. The Kier molecular flexibility index (Phi) is 5.83. The molecule has 2 N–H and O–H groups in total. The minimum absolute atomic E-state index is 0.257. The molecule has 1 amide bonds. The number of amides is 1. The average molecular weight is 141 g/mol. The van der Waals surface area contributed by atoms with Crippen LogP contribution >= 0.6 is 0 Å². The smallest absolute Gasteiger partial charge is 0.221 e. The summed E-state index contributed by atoms with van der Waals surface area (Å²) in [5.74, 6) is -0.257. The predicted octanol–water partition coefficient (Wildman–Crippen LogP) is 1.61. The lowest BCUT2D eigenvalue weighted by atomic mass is 10.2. The van der Waals surface area contributed by atoms with Gasteiger partial charge in [0.2, 0.25) is 5.91 Å². The maximum absolute atomic E-state index is 10.2. The first-order valence-corrected chi connectivity index (χ1v) is 3.70. The van der Waals surface area contributed by atoms with Crippen molar-refractivity contribution in [3.05, 3.63) is 12.2 Å². The average Bonchev–Trinajstić information content (AvgIpc) is 1.87. The number of rotatable bonds is 5. The van der Waals surface area contributed by atoms with Crippen LogP contribution < -0.4 is 5.73 Å². The van der Waals surface area contributed by atoms with E-state index >= 15 is 0 Å². The van der Waals surface area contributed by atoms with Crippen molar-refractivity contribution >= 4 is 5.91 Å². The zero-order valence-electron chi connectivity index (χ0n) is 6.47. The second-order valence-corrected chi connectivity index (χ2v) is 2.28. The number of nitrogens with two attached hydrogens (primary N) is 1. The molecular formula is C8H15NO. The summed E-state index contributed by atoms with van der Waals surface area (Å²) in [5, 5.41) is 0. The van der Waals surface area contributed by atoms with Gasteiger partial charge in [-0.25, -0.2) is 0 Å². The van der Waals surface area contributed by atoms with E-state index in [2.05, 4.69) is 6.92 Å². The SMILES string of the molecule is CCCC/C=C\CC(N)=O. The number of allylic oxidation sites excluding steroid dienone is 1. The van der Waals surface area contributed by atoms with Crippen molar-refractivity contribution in [1.29, 1.82) is 0 Å². The van der Waals surface area contributed by atoms with Crippen molar-refractivity contribution in [3.63, 3.8) is 0 Å². The van der Waals surface area contributed by atoms with E-state index in [0.29, 0.717) is 6.42 Å². The lowest BCUT2D eigenvalue weighted by Gasteiger charge is -1.87. The standard InChI is InChI=1S/C8H15NO/c1-2-3-4-5-6-7-8(9)10/h5-6H,2-4,7H2,1H3,(H2,9,10)/b6-5-. The van der Waals surface area contributed by atoms with Crippen molar-refractivity contribution < 1.29 is 4.79 Å². The van der Waals surface area contributed by atoms with E-state index < -0.39 is 0 Å². The van der Waals surface area contributed by atoms with Crippen LogP contribution in [0.5, 0.6) is 0 Å². The van der Waals surface area contributed by atoms with Crippen LogP contribution in [0.4, 0.5) is 0 Å². The second-order valence-electron chi connectivity index (χ2n) is 2.28. The molecule has 0 saturated carbocycles. The van der Waals surface area contributed by atoms with Gasteiger partial charge in [0.15, 0.2) is 0 Å².